The molecular formula is C36H52FN3O5. The van der Waals surface area contributed by atoms with Gasteiger partial charge in [0.2, 0.25) is 12.3 Å². The monoisotopic (exact) mass is 625 g/mol. The lowest BCUT2D eigenvalue weighted by atomic mass is 9.98. The van der Waals surface area contributed by atoms with Crippen LogP contribution in [0.4, 0.5) is 4.39 Å². The third kappa shape index (κ3) is 12.3. The van der Waals surface area contributed by atoms with Gasteiger partial charge in [-0.15, -0.1) is 12.3 Å². The van der Waals surface area contributed by atoms with Crippen molar-refractivity contribution in [3.05, 3.63) is 64.5 Å². The van der Waals surface area contributed by atoms with Gasteiger partial charge in [-0.25, -0.2) is 4.39 Å². The van der Waals surface area contributed by atoms with Crippen LogP contribution in [-0.2, 0) is 38.8 Å². The highest BCUT2D eigenvalue weighted by Gasteiger charge is 2.38. The number of morpholine rings is 1. The Balaban J connectivity index is 0.00000191. The van der Waals surface area contributed by atoms with E-state index < -0.39 is 6.04 Å². The van der Waals surface area contributed by atoms with Crippen LogP contribution < -0.4 is 10.1 Å². The number of carbonyl (C=O) groups is 3. The van der Waals surface area contributed by atoms with Crippen molar-refractivity contribution in [3.63, 3.8) is 0 Å². The fourth-order valence-electron chi connectivity index (χ4n) is 5.58. The number of aldehydes is 1. The molecule has 1 unspecified atom stereocenters. The Hall–Kier alpha value is -3.74. The topological polar surface area (TPSA) is 88.2 Å². The molecule has 0 radical (unpaired) electrons. The third-order valence-electron chi connectivity index (χ3n) is 7.05. The Morgan fingerprint density at radius 2 is 1.71 bits per heavy atom. The predicted molar refractivity (Wildman–Crippen MR) is 177 cm³/mol. The maximum absolute atomic E-state index is 15.6. The van der Waals surface area contributed by atoms with Crippen LogP contribution in [0.3, 0.4) is 0 Å². The molecule has 1 atom stereocenters. The van der Waals surface area contributed by atoms with Crippen LogP contribution in [0, 0.1) is 25.1 Å². The van der Waals surface area contributed by atoms with Gasteiger partial charge in [0.1, 0.15) is 30.5 Å². The molecule has 2 aromatic rings. The number of ether oxygens (including phenoxy) is 2. The first-order valence-corrected chi connectivity index (χ1v) is 15.4. The Bertz CT molecular complexity index is 1270. The maximum atomic E-state index is 15.6. The van der Waals surface area contributed by atoms with Gasteiger partial charge in [0.05, 0.1) is 17.7 Å². The van der Waals surface area contributed by atoms with Crippen LogP contribution in [0.5, 0.6) is 5.75 Å². The average molecular weight is 626 g/mol. The summed E-state index contributed by atoms with van der Waals surface area (Å²) in [6.45, 7) is 17.7. The van der Waals surface area contributed by atoms with Crippen LogP contribution in [-0.4, -0.2) is 65.8 Å². The van der Waals surface area contributed by atoms with Crippen molar-refractivity contribution in [3.8, 4) is 18.1 Å². The van der Waals surface area contributed by atoms with Gasteiger partial charge in [0.25, 0.3) is 0 Å². The molecule has 1 fully saturated rings. The molecule has 3 rings (SSSR count). The van der Waals surface area contributed by atoms with Gasteiger partial charge < -0.3 is 24.5 Å². The van der Waals surface area contributed by atoms with Crippen molar-refractivity contribution >= 4 is 18.6 Å². The highest BCUT2D eigenvalue weighted by molar-refractivity contribution is 5.83. The zero-order valence-electron chi connectivity index (χ0n) is 28.5. The standard InChI is InChI=1S/C31H42FN3O5.C3H4.C2H6/c1-22-10-7-14-27(25(22)17-35(21-37)26(13-9-15-36)29(38)33-6)39-18-24-12-8-11-23(28(24)32)16-34-19-30(2,3)40-31(4,5)20-34;1-3-2;1-2/h7-8,10-12,14-15,21,26H,9,13,16-20H2,1-6H3,(H,33,38);1H,2H3;1-2H3. The van der Waals surface area contributed by atoms with E-state index >= 15 is 4.39 Å². The molecule has 0 saturated carbocycles. The molecule has 248 valence electrons. The fraction of sp³-hybridized carbons (Fsp3) is 0.528. The number of amides is 2. The number of likely N-dealkylation sites (N-methyl/N-ethyl adjacent to an activating group) is 1. The Kier molecular flexibility index (Phi) is 16.5. The number of aryl methyl sites for hydroxylation is 1. The first kappa shape index (κ1) is 39.3. The molecule has 1 saturated heterocycles. The smallest absolute Gasteiger partial charge is 0.242 e. The Morgan fingerprint density at radius 3 is 2.27 bits per heavy atom. The summed E-state index contributed by atoms with van der Waals surface area (Å²) >= 11 is 0. The van der Waals surface area contributed by atoms with Crippen molar-refractivity contribution in [2.24, 2.45) is 0 Å². The second-order valence-corrected chi connectivity index (χ2v) is 11.9. The summed E-state index contributed by atoms with van der Waals surface area (Å²) in [5.41, 5.74) is 1.93. The van der Waals surface area contributed by atoms with E-state index in [-0.39, 0.29) is 48.9 Å². The number of benzene rings is 2. The van der Waals surface area contributed by atoms with E-state index in [2.05, 4.69) is 22.6 Å². The molecular weight excluding hydrogens is 573 g/mol. The van der Waals surface area contributed by atoms with E-state index in [0.29, 0.717) is 48.5 Å². The molecule has 1 N–H and O–H groups in total. The molecule has 0 bridgehead atoms. The SMILES string of the molecule is C#CC.CC.CNC(=O)C(CCC=O)N(C=O)Cc1c(C)cccc1OCc1cccc(CN2CC(C)(C)OC(C)(C)C2)c1F. The van der Waals surface area contributed by atoms with Crippen molar-refractivity contribution in [2.75, 3.05) is 20.1 Å². The number of carbonyl (C=O) groups excluding carboxylic acids is 3. The van der Waals surface area contributed by atoms with Crippen LogP contribution in [0.2, 0.25) is 0 Å². The highest BCUT2D eigenvalue weighted by atomic mass is 19.1. The van der Waals surface area contributed by atoms with E-state index in [4.69, 9.17) is 9.47 Å². The molecule has 0 aromatic heterocycles. The molecule has 1 heterocycles. The molecule has 1 aliphatic rings. The second kappa shape index (κ2) is 18.9. The normalized spacial score (nSPS) is 15.5. The number of terminal acetylenes is 1. The molecule has 45 heavy (non-hydrogen) atoms. The van der Waals surface area contributed by atoms with Crippen molar-refractivity contribution in [1.82, 2.24) is 15.1 Å². The molecule has 9 heteroatoms. The third-order valence-corrected chi connectivity index (χ3v) is 7.05. The van der Waals surface area contributed by atoms with Crippen molar-refractivity contribution in [2.45, 2.75) is 105 Å². The van der Waals surface area contributed by atoms with Gasteiger partial charge in [-0.3, -0.25) is 14.5 Å². The Morgan fingerprint density at radius 1 is 1.13 bits per heavy atom. The van der Waals surface area contributed by atoms with E-state index in [0.717, 1.165) is 11.8 Å². The quantitative estimate of drug-likeness (QED) is 0.223. The highest BCUT2D eigenvalue weighted by Crippen LogP contribution is 2.30. The lowest BCUT2D eigenvalue weighted by Gasteiger charge is -2.47. The lowest BCUT2D eigenvalue weighted by Crippen LogP contribution is -2.56. The first-order valence-electron chi connectivity index (χ1n) is 15.4. The summed E-state index contributed by atoms with van der Waals surface area (Å²) in [7, 11) is 1.49. The van der Waals surface area contributed by atoms with Crippen molar-refractivity contribution in [1.29, 1.82) is 0 Å². The molecule has 2 aromatic carbocycles. The minimum absolute atomic E-state index is 0.00132. The summed E-state index contributed by atoms with van der Waals surface area (Å²) in [5, 5.41) is 2.56. The van der Waals surface area contributed by atoms with Gasteiger partial charge in [0.15, 0.2) is 0 Å². The van der Waals surface area contributed by atoms with Crippen LogP contribution in [0.15, 0.2) is 36.4 Å². The Labute approximate surface area is 269 Å². The summed E-state index contributed by atoms with van der Waals surface area (Å²) in [6, 6.07) is 10.0. The number of rotatable bonds is 13. The van der Waals surface area contributed by atoms with Crippen LogP contribution in [0.1, 0.15) is 83.6 Å². The largest absolute Gasteiger partial charge is 0.488 e. The van der Waals surface area contributed by atoms with Gasteiger partial charge >= 0.3 is 0 Å². The summed E-state index contributed by atoms with van der Waals surface area (Å²) in [6.07, 6.45) is 6.29. The minimum Gasteiger partial charge on any atom is -0.488 e. The molecule has 1 aliphatic heterocycles. The molecule has 2 amide bonds. The van der Waals surface area contributed by atoms with Crippen LogP contribution in [0.25, 0.3) is 0 Å². The summed E-state index contributed by atoms with van der Waals surface area (Å²) in [4.78, 5) is 39.0. The van der Waals surface area contributed by atoms with E-state index in [1.807, 2.05) is 66.7 Å². The fourth-order valence-corrected chi connectivity index (χ4v) is 5.58. The van der Waals surface area contributed by atoms with E-state index in [1.165, 1.54) is 11.9 Å². The zero-order valence-corrected chi connectivity index (χ0v) is 28.5. The first-order chi connectivity index (χ1) is 21.3. The number of hydrogen-bond donors (Lipinski definition) is 1. The summed E-state index contributed by atoms with van der Waals surface area (Å²) < 4.78 is 27.9. The number of hydrogen-bond acceptors (Lipinski definition) is 6. The predicted octanol–water partition coefficient (Wildman–Crippen LogP) is 5.82. The number of nitrogens with zero attached hydrogens (tertiary/aromatic N) is 2. The zero-order chi connectivity index (χ0) is 34.2. The average Bonchev–Trinajstić information content (AvgIpc) is 2.97. The van der Waals surface area contributed by atoms with Gasteiger partial charge in [-0.2, -0.15) is 0 Å². The number of nitrogens with one attached hydrogen (secondary N) is 1. The van der Waals surface area contributed by atoms with Gasteiger partial charge in [0, 0.05) is 49.8 Å². The maximum Gasteiger partial charge on any atom is 0.242 e. The molecule has 8 nitrogen and oxygen atoms in total. The van der Waals surface area contributed by atoms with Gasteiger partial charge in [-0.1, -0.05) is 44.2 Å². The van der Waals surface area contributed by atoms with E-state index in [1.54, 1.807) is 25.1 Å². The van der Waals surface area contributed by atoms with Crippen molar-refractivity contribution < 1.29 is 28.2 Å². The summed E-state index contributed by atoms with van der Waals surface area (Å²) in [5.74, 6) is 2.09. The molecule has 0 aliphatic carbocycles. The van der Waals surface area contributed by atoms with E-state index in [9.17, 15) is 14.4 Å². The van der Waals surface area contributed by atoms with Gasteiger partial charge in [-0.05, 0) is 59.6 Å². The minimum atomic E-state index is -0.801. The molecule has 0 spiro atoms. The number of halogens is 1. The second-order valence-electron chi connectivity index (χ2n) is 11.9. The van der Waals surface area contributed by atoms with Crippen LogP contribution >= 0.6 is 0 Å². The lowest BCUT2D eigenvalue weighted by molar-refractivity contribution is -0.182.